The average molecular weight is 405 g/mol. The normalized spacial score (nSPS) is 10.7. The molecule has 9 heteroatoms. The largest absolute Gasteiger partial charge is 0.484 e. The van der Waals surface area contributed by atoms with E-state index in [1.807, 2.05) is 25.1 Å². The summed E-state index contributed by atoms with van der Waals surface area (Å²) in [6, 6.07) is 15.6. The summed E-state index contributed by atoms with van der Waals surface area (Å²) in [5.41, 5.74) is 0.772. The van der Waals surface area contributed by atoms with Crippen LogP contribution in [0.1, 0.15) is 12.6 Å². The molecule has 4 aromatic rings. The van der Waals surface area contributed by atoms with Gasteiger partial charge in [0.25, 0.3) is 11.5 Å². The number of anilines is 1. The molecular weight excluding hydrogens is 386 g/mol. The monoisotopic (exact) mass is 405 g/mol. The van der Waals surface area contributed by atoms with E-state index in [1.165, 1.54) is 17.0 Å². The van der Waals surface area contributed by atoms with Gasteiger partial charge in [0.05, 0.1) is 6.26 Å². The van der Waals surface area contributed by atoms with E-state index in [0.29, 0.717) is 35.1 Å². The Labute approximate surface area is 171 Å². The maximum Gasteiger partial charge on any atom is 0.263 e. The van der Waals surface area contributed by atoms with E-state index in [-0.39, 0.29) is 24.0 Å². The zero-order valence-electron chi connectivity index (χ0n) is 16.2. The number of para-hydroxylation sites is 1. The average Bonchev–Trinajstić information content (AvgIpc) is 3.42. The van der Waals surface area contributed by atoms with Crippen LogP contribution in [0.4, 0.5) is 5.82 Å². The van der Waals surface area contributed by atoms with Crippen molar-refractivity contribution in [1.82, 2.24) is 19.7 Å². The number of hydrogen-bond acceptors (Lipinski definition) is 6. The van der Waals surface area contributed by atoms with Gasteiger partial charge < -0.3 is 14.5 Å². The number of aryl methyl sites for hydroxylation is 1. The number of benzene rings is 1. The molecule has 3 aromatic heterocycles. The zero-order valence-corrected chi connectivity index (χ0v) is 16.2. The molecule has 30 heavy (non-hydrogen) atoms. The summed E-state index contributed by atoms with van der Waals surface area (Å²) in [6.45, 7) is 1.71. The Balaban J connectivity index is 1.63. The molecular formula is C21H19N5O4. The molecule has 3 heterocycles. The molecule has 0 fully saturated rings. The zero-order chi connectivity index (χ0) is 20.9. The van der Waals surface area contributed by atoms with Crippen molar-refractivity contribution in [3.8, 4) is 23.2 Å². The summed E-state index contributed by atoms with van der Waals surface area (Å²) in [5, 5.41) is 7.20. The number of nitrogens with zero attached hydrogens (tertiary/aromatic N) is 3. The van der Waals surface area contributed by atoms with E-state index in [4.69, 9.17) is 9.15 Å². The first-order valence-corrected chi connectivity index (χ1v) is 9.34. The third-order valence-electron chi connectivity index (χ3n) is 4.21. The van der Waals surface area contributed by atoms with E-state index in [1.54, 1.807) is 30.3 Å². The smallest absolute Gasteiger partial charge is 0.263 e. The van der Waals surface area contributed by atoms with Crippen LogP contribution in [-0.4, -0.2) is 32.3 Å². The second kappa shape index (κ2) is 8.48. The summed E-state index contributed by atoms with van der Waals surface area (Å²) >= 11 is 0. The van der Waals surface area contributed by atoms with Crippen LogP contribution in [0.15, 0.2) is 70.1 Å². The van der Waals surface area contributed by atoms with Crippen molar-refractivity contribution in [2.75, 3.05) is 11.9 Å². The molecule has 0 atom stereocenters. The number of ether oxygens (including phenoxy) is 1. The van der Waals surface area contributed by atoms with Crippen molar-refractivity contribution >= 4 is 11.7 Å². The molecule has 9 nitrogen and oxygen atoms in total. The van der Waals surface area contributed by atoms with E-state index in [0.717, 1.165) is 0 Å². The van der Waals surface area contributed by atoms with Gasteiger partial charge in [-0.2, -0.15) is 9.78 Å². The van der Waals surface area contributed by atoms with Crippen molar-refractivity contribution in [2.24, 2.45) is 0 Å². The number of carbonyl (C=O) groups is 1. The van der Waals surface area contributed by atoms with Gasteiger partial charge in [0, 0.05) is 17.8 Å². The Morgan fingerprint density at radius 2 is 2.03 bits per heavy atom. The second-order valence-corrected chi connectivity index (χ2v) is 6.37. The van der Waals surface area contributed by atoms with Crippen molar-refractivity contribution in [3.05, 3.63) is 76.9 Å². The van der Waals surface area contributed by atoms with Gasteiger partial charge in [-0.1, -0.05) is 25.1 Å². The highest BCUT2D eigenvalue weighted by atomic mass is 16.5. The number of hydrogen-bond donors (Lipinski definition) is 2. The lowest BCUT2D eigenvalue weighted by atomic mass is 10.3. The molecule has 0 bridgehead atoms. The lowest BCUT2D eigenvalue weighted by molar-refractivity contribution is -0.118. The van der Waals surface area contributed by atoms with Crippen LogP contribution in [0.2, 0.25) is 0 Å². The molecule has 0 radical (unpaired) electrons. The number of rotatable bonds is 7. The maximum atomic E-state index is 12.5. The van der Waals surface area contributed by atoms with Crippen LogP contribution in [0.5, 0.6) is 5.75 Å². The van der Waals surface area contributed by atoms with Crippen molar-refractivity contribution in [3.63, 3.8) is 0 Å². The number of nitrogens with one attached hydrogen (secondary N) is 2. The van der Waals surface area contributed by atoms with Gasteiger partial charge in [0.2, 0.25) is 5.95 Å². The third kappa shape index (κ3) is 4.30. The quantitative estimate of drug-likeness (QED) is 0.489. The van der Waals surface area contributed by atoms with E-state index in [2.05, 4.69) is 20.4 Å². The van der Waals surface area contributed by atoms with E-state index < -0.39 is 0 Å². The van der Waals surface area contributed by atoms with Crippen molar-refractivity contribution < 1.29 is 13.9 Å². The lowest BCUT2D eigenvalue weighted by Gasteiger charge is -2.09. The molecule has 0 saturated carbocycles. The van der Waals surface area contributed by atoms with E-state index in [9.17, 15) is 9.59 Å². The summed E-state index contributed by atoms with van der Waals surface area (Å²) in [7, 11) is 0. The second-order valence-electron chi connectivity index (χ2n) is 6.37. The highest BCUT2D eigenvalue weighted by molar-refractivity contribution is 5.91. The molecule has 2 N–H and O–H groups in total. The molecule has 152 valence electrons. The summed E-state index contributed by atoms with van der Waals surface area (Å²) in [4.78, 5) is 31.5. The van der Waals surface area contributed by atoms with Gasteiger partial charge in [0.1, 0.15) is 17.3 Å². The lowest BCUT2D eigenvalue weighted by Crippen LogP contribution is -2.23. The standard InChI is InChI=1S/C21H19N5O4/c1-2-14-11-19(27)24-21(22-14)26-18(12-16(25-26)17-9-6-10-29-17)23-20(28)13-30-15-7-4-3-5-8-15/h3-12H,2,13H2,1H3,(H,23,28)(H,22,24,27). The number of furan rings is 1. The van der Waals surface area contributed by atoms with Gasteiger partial charge in [-0.15, -0.1) is 0 Å². The number of H-pyrrole nitrogens is 1. The Hall–Kier alpha value is -4.14. The van der Waals surface area contributed by atoms with Crippen LogP contribution in [0, 0.1) is 0 Å². The molecule has 0 spiro atoms. The minimum atomic E-state index is -0.389. The highest BCUT2D eigenvalue weighted by Crippen LogP contribution is 2.24. The van der Waals surface area contributed by atoms with Crippen LogP contribution >= 0.6 is 0 Å². The maximum absolute atomic E-state index is 12.5. The van der Waals surface area contributed by atoms with Gasteiger partial charge in [-0.3, -0.25) is 14.6 Å². The topological polar surface area (TPSA) is 115 Å². The predicted octanol–water partition coefficient (Wildman–Crippen LogP) is 2.80. The van der Waals surface area contributed by atoms with Gasteiger partial charge in [0.15, 0.2) is 12.4 Å². The number of amides is 1. The molecule has 0 saturated heterocycles. The van der Waals surface area contributed by atoms with Crippen LogP contribution in [-0.2, 0) is 11.2 Å². The fourth-order valence-corrected chi connectivity index (χ4v) is 2.80. The van der Waals surface area contributed by atoms with Crippen molar-refractivity contribution in [1.29, 1.82) is 0 Å². The Kier molecular flexibility index (Phi) is 5.42. The van der Waals surface area contributed by atoms with Crippen LogP contribution in [0.3, 0.4) is 0 Å². The Morgan fingerprint density at radius 1 is 1.20 bits per heavy atom. The summed E-state index contributed by atoms with van der Waals surface area (Å²) in [6.07, 6.45) is 2.11. The van der Waals surface area contributed by atoms with Gasteiger partial charge in [-0.25, -0.2) is 4.98 Å². The predicted molar refractivity (Wildman–Crippen MR) is 110 cm³/mol. The van der Waals surface area contributed by atoms with Crippen LogP contribution in [0.25, 0.3) is 17.4 Å². The number of carbonyl (C=O) groups excluding carboxylic acids is 1. The molecule has 0 aliphatic rings. The number of aromatic nitrogens is 4. The van der Waals surface area contributed by atoms with Crippen LogP contribution < -0.4 is 15.6 Å². The Bertz CT molecular complexity index is 1200. The molecule has 4 rings (SSSR count). The summed E-state index contributed by atoms with van der Waals surface area (Å²) in [5.74, 6) is 1.22. The number of aromatic amines is 1. The molecule has 0 aliphatic carbocycles. The SMILES string of the molecule is CCc1cc(=O)[nH]c(-n2nc(-c3ccco3)cc2NC(=O)COc2ccccc2)n1. The minimum absolute atomic E-state index is 0.190. The van der Waals surface area contributed by atoms with E-state index >= 15 is 0 Å². The fraction of sp³-hybridized carbons (Fsp3) is 0.143. The molecule has 1 amide bonds. The third-order valence-corrected chi connectivity index (χ3v) is 4.21. The molecule has 1 aromatic carbocycles. The minimum Gasteiger partial charge on any atom is -0.484 e. The molecule has 0 aliphatic heterocycles. The van der Waals surface area contributed by atoms with Crippen molar-refractivity contribution in [2.45, 2.75) is 13.3 Å². The fourth-order valence-electron chi connectivity index (χ4n) is 2.80. The Morgan fingerprint density at radius 3 is 2.77 bits per heavy atom. The summed E-state index contributed by atoms with van der Waals surface area (Å²) < 4.78 is 12.2. The van der Waals surface area contributed by atoms with Gasteiger partial charge >= 0.3 is 0 Å². The first kappa shape index (κ1) is 19.2. The molecule has 0 unspecified atom stereocenters. The van der Waals surface area contributed by atoms with Gasteiger partial charge in [-0.05, 0) is 30.7 Å². The first-order chi connectivity index (χ1) is 14.6. The highest BCUT2D eigenvalue weighted by Gasteiger charge is 2.17. The first-order valence-electron chi connectivity index (χ1n) is 9.34.